The maximum atomic E-state index is 11.5. The summed E-state index contributed by atoms with van der Waals surface area (Å²) in [4.78, 5) is 11.5. The number of aromatic nitrogens is 1. The third-order valence-corrected chi connectivity index (χ3v) is 3.76. The number of carboxylic acids is 1. The van der Waals surface area contributed by atoms with Crippen molar-refractivity contribution < 1.29 is 9.90 Å². The van der Waals surface area contributed by atoms with E-state index in [1.165, 1.54) is 5.56 Å². The molecule has 3 heteroatoms. The summed E-state index contributed by atoms with van der Waals surface area (Å²) in [5, 5.41) is 10.5. The molecule has 0 radical (unpaired) electrons. The Hall–Kier alpha value is -1.77. The number of carboxylic acid groups (broad SMARTS) is 1. The second-order valence-corrected chi connectivity index (χ2v) is 5.31. The van der Waals surface area contributed by atoms with Gasteiger partial charge in [0.15, 0.2) is 0 Å². The number of carbonyl (C=O) groups is 1. The Labute approximate surface area is 120 Å². The number of para-hydroxylation sites is 1. The van der Waals surface area contributed by atoms with Crippen molar-refractivity contribution in [3.05, 3.63) is 35.5 Å². The highest BCUT2D eigenvalue weighted by Gasteiger charge is 2.15. The van der Waals surface area contributed by atoms with E-state index in [1.807, 2.05) is 6.07 Å². The molecule has 0 spiro atoms. The van der Waals surface area contributed by atoms with Crippen molar-refractivity contribution in [3.63, 3.8) is 0 Å². The predicted octanol–water partition coefficient (Wildman–Crippen LogP) is 4.48. The average Bonchev–Trinajstić information content (AvgIpc) is 2.80. The van der Waals surface area contributed by atoms with Gasteiger partial charge in [-0.05, 0) is 30.9 Å². The average molecular weight is 273 g/mol. The minimum absolute atomic E-state index is 0.418. The van der Waals surface area contributed by atoms with E-state index < -0.39 is 5.97 Å². The first-order valence-electron chi connectivity index (χ1n) is 7.53. The van der Waals surface area contributed by atoms with Crippen LogP contribution in [0.3, 0.4) is 0 Å². The van der Waals surface area contributed by atoms with Crippen LogP contribution in [-0.2, 0) is 13.0 Å². The SMILES string of the molecule is CCCCc1cn(CCCC)c2c(C(=O)O)cccc12. The third-order valence-electron chi connectivity index (χ3n) is 3.76. The predicted molar refractivity (Wildman–Crippen MR) is 82.4 cm³/mol. The van der Waals surface area contributed by atoms with Gasteiger partial charge in [-0.15, -0.1) is 0 Å². The fraction of sp³-hybridized carbons (Fsp3) is 0.471. The van der Waals surface area contributed by atoms with Crippen LogP contribution in [0.1, 0.15) is 55.5 Å². The van der Waals surface area contributed by atoms with Gasteiger partial charge >= 0.3 is 5.97 Å². The van der Waals surface area contributed by atoms with Gasteiger partial charge < -0.3 is 9.67 Å². The molecule has 0 bridgehead atoms. The smallest absolute Gasteiger partial charge is 0.337 e. The molecule has 0 atom stereocenters. The topological polar surface area (TPSA) is 42.2 Å². The molecule has 2 aromatic rings. The van der Waals surface area contributed by atoms with Crippen LogP contribution in [0, 0.1) is 0 Å². The van der Waals surface area contributed by atoms with E-state index in [-0.39, 0.29) is 0 Å². The Morgan fingerprint density at radius 3 is 2.60 bits per heavy atom. The van der Waals surface area contributed by atoms with Crippen molar-refractivity contribution in [2.75, 3.05) is 0 Å². The number of fused-ring (bicyclic) bond motifs is 1. The Balaban J connectivity index is 2.54. The largest absolute Gasteiger partial charge is 0.478 e. The van der Waals surface area contributed by atoms with Crippen molar-refractivity contribution in [1.29, 1.82) is 0 Å². The van der Waals surface area contributed by atoms with Gasteiger partial charge in [0.2, 0.25) is 0 Å². The van der Waals surface area contributed by atoms with Gasteiger partial charge in [0.25, 0.3) is 0 Å². The zero-order valence-corrected chi connectivity index (χ0v) is 12.4. The third kappa shape index (κ3) is 2.87. The molecule has 0 fully saturated rings. The quantitative estimate of drug-likeness (QED) is 0.808. The lowest BCUT2D eigenvalue weighted by Crippen LogP contribution is -2.03. The standard InChI is InChI=1S/C17H23NO2/c1-3-5-8-13-12-18(11-6-4-2)16-14(13)9-7-10-15(16)17(19)20/h7,9-10,12H,3-6,8,11H2,1-2H3,(H,19,20). The summed E-state index contributed by atoms with van der Waals surface area (Å²) in [5.41, 5.74) is 2.59. The molecule has 3 nitrogen and oxygen atoms in total. The van der Waals surface area contributed by atoms with E-state index in [9.17, 15) is 9.90 Å². The molecule has 1 heterocycles. The number of aromatic carboxylic acids is 1. The van der Waals surface area contributed by atoms with Gasteiger partial charge in [-0.2, -0.15) is 0 Å². The summed E-state index contributed by atoms with van der Waals surface area (Å²) in [6, 6.07) is 5.61. The zero-order valence-electron chi connectivity index (χ0n) is 12.4. The number of nitrogens with zero attached hydrogens (tertiary/aromatic N) is 1. The summed E-state index contributed by atoms with van der Waals surface area (Å²) < 4.78 is 2.13. The van der Waals surface area contributed by atoms with E-state index in [1.54, 1.807) is 6.07 Å². The maximum absolute atomic E-state index is 11.5. The fourth-order valence-electron chi connectivity index (χ4n) is 2.68. The lowest BCUT2D eigenvalue weighted by molar-refractivity contribution is 0.0698. The molecule has 1 aromatic carbocycles. The molecule has 0 saturated heterocycles. The Kier molecular flexibility index (Phi) is 4.83. The van der Waals surface area contributed by atoms with Gasteiger partial charge in [0.05, 0.1) is 11.1 Å². The van der Waals surface area contributed by atoms with Gasteiger partial charge in [-0.1, -0.05) is 38.8 Å². The summed E-state index contributed by atoms with van der Waals surface area (Å²) in [7, 11) is 0. The molecule has 0 amide bonds. The highest BCUT2D eigenvalue weighted by molar-refractivity contribution is 6.03. The normalized spacial score (nSPS) is 11.1. The summed E-state index contributed by atoms with van der Waals surface area (Å²) in [6.07, 6.45) is 7.66. The highest BCUT2D eigenvalue weighted by atomic mass is 16.4. The molecule has 0 aliphatic rings. The van der Waals surface area contributed by atoms with Crippen molar-refractivity contribution in [3.8, 4) is 0 Å². The molecule has 0 aliphatic carbocycles. The monoisotopic (exact) mass is 273 g/mol. The van der Waals surface area contributed by atoms with Gasteiger partial charge in [0.1, 0.15) is 0 Å². The van der Waals surface area contributed by atoms with Crippen LogP contribution in [0.4, 0.5) is 0 Å². The molecule has 0 aliphatic heterocycles. The number of unbranched alkanes of at least 4 members (excludes halogenated alkanes) is 2. The number of hydrogen-bond acceptors (Lipinski definition) is 1. The lowest BCUT2D eigenvalue weighted by atomic mass is 10.1. The van der Waals surface area contributed by atoms with E-state index >= 15 is 0 Å². The molecule has 108 valence electrons. The van der Waals surface area contributed by atoms with E-state index in [4.69, 9.17) is 0 Å². The molecule has 2 rings (SSSR count). The number of hydrogen-bond donors (Lipinski definition) is 1. The van der Waals surface area contributed by atoms with E-state index in [2.05, 4.69) is 30.7 Å². The van der Waals surface area contributed by atoms with E-state index in [0.29, 0.717) is 5.56 Å². The van der Waals surface area contributed by atoms with Crippen molar-refractivity contribution >= 4 is 16.9 Å². The minimum atomic E-state index is -0.839. The Morgan fingerprint density at radius 2 is 1.95 bits per heavy atom. The molecule has 0 saturated carbocycles. The van der Waals surface area contributed by atoms with Crippen LogP contribution in [0.5, 0.6) is 0 Å². The van der Waals surface area contributed by atoms with E-state index in [0.717, 1.165) is 49.6 Å². The van der Waals surface area contributed by atoms with Gasteiger partial charge in [-0.3, -0.25) is 0 Å². The van der Waals surface area contributed by atoms with Gasteiger partial charge in [-0.25, -0.2) is 4.79 Å². The summed E-state index contributed by atoms with van der Waals surface area (Å²) >= 11 is 0. The molecule has 1 N–H and O–H groups in total. The van der Waals surface area contributed by atoms with Crippen LogP contribution >= 0.6 is 0 Å². The van der Waals surface area contributed by atoms with Crippen LogP contribution in [0.2, 0.25) is 0 Å². The molecular formula is C17H23NO2. The Bertz CT molecular complexity index is 598. The van der Waals surface area contributed by atoms with Crippen LogP contribution in [0.15, 0.2) is 24.4 Å². The molecule has 1 aromatic heterocycles. The first-order valence-corrected chi connectivity index (χ1v) is 7.53. The fourth-order valence-corrected chi connectivity index (χ4v) is 2.68. The summed E-state index contributed by atoms with van der Waals surface area (Å²) in [5.74, 6) is -0.839. The van der Waals surface area contributed by atoms with Gasteiger partial charge in [0, 0.05) is 18.1 Å². The van der Waals surface area contributed by atoms with Crippen molar-refractivity contribution in [2.45, 2.75) is 52.5 Å². The highest BCUT2D eigenvalue weighted by Crippen LogP contribution is 2.26. The summed E-state index contributed by atoms with van der Waals surface area (Å²) in [6.45, 7) is 5.23. The number of benzene rings is 1. The number of rotatable bonds is 7. The maximum Gasteiger partial charge on any atom is 0.337 e. The first-order chi connectivity index (χ1) is 9.69. The molecule has 20 heavy (non-hydrogen) atoms. The molecular weight excluding hydrogens is 250 g/mol. The first kappa shape index (κ1) is 14.6. The van der Waals surface area contributed by atoms with Crippen molar-refractivity contribution in [2.24, 2.45) is 0 Å². The van der Waals surface area contributed by atoms with Crippen molar-refractivity contribution in [1.82, 2.24) is 4.57 Å². The second-order valence-electron chi connectivity index (χ2n) is 5.31. The van der Waals surface area contributed by atoms with Crippen LogP contribution in [0.25, 0.3) is 10.9 Å². The Morgan fingerprint density at radius 1 is 1.20 bits per heavy atom. The zero-order chi connectivity index (χ0) is 14.5. The molecule has 0 unspecified atom stereocenters. The van der Waals surface area contributed by atoms with Crippen LogP contribution in [-0.4, -0.2) is 15.6 Å². The second kappa shape index (κ2) is 6.60. The minimum Gasteiger partial charge on any atom is -0.478 e. The number of aryl methyl sites for hydroxylation is 2. The van der Waals surface area contributed by atoms with Crippen LogP contribution < -0.4 is 0 Å². The lowest BCUT2D eigenvalue weighted by Gasteiger charge is -2.06.